The maximum Gasteiger partial charge on any atom is 0.239 e. The van der Waals surface area contributed by atoms with E-state index < -0.39 is 0 Å². The fourth-order valence-corrected chi connectivity index (χ4v) is 2.61. The molecule has 3 rings (SSSR count). The van der Waals surface area contributed by atoms with Crippen molar-refractivity contribution in [1.29, 1.82) is 0 Å². The second kappa shape index (κ2) is 8.07. The van der Waals surface area contributed by atoms with Crippen LogP contribution in [0.4, 0.5) is 10.1 Å². The summed E-state index contributed by atoms with van der Waals surface area (Å²) in [5.41, 5.74) is 1.01. The van der Waals surface area contributed by atoms with Gasteiger partial charge in [-0.1, -0.05) is 29.8 Å². The first-order valence-corrected chi connectivity index (χ1v) is 8.34. The van der Waals surface area contributed by atoms with Gasteiger partial charge in [0.2, 0.25) is 5.91 Å². The number of carbonyl (C=O) groups is 1. The summed E-state index contributed by atoms with van der Waals surface area (Å²) in [7, 11) is 0. The van der Waals surface area contributed by atoms with Crippen LogP contribution in [-0.4, -0.2) is 25.7 Å². The van der Waals surface area contributed by atoms with E-state index in [1.54, 1.807) is 30.3 Å². The van der Waals surface area contributed by atoms with Gasteiger partial charge in [0.1, 0.15) is 5.82 Å². The first kappa shape index (κ1) is 17.4. The molecule has 1 amide bonds. The number of carbonyl (C=O) groups excluding carboxylic acids is 1. The Hall–Kier alpha value is -2.47. The summed E-state index contributed by atoms with van der Waals surface area (Å²) >= 11 is 6.21. The van der Waals surface area contributed by atoms with Crippen LogP contribution in [0, 0.1) is 5.82 Å². The van der Waals surface area contributed by atoms with E-state index in [2.05, 4.69) is 10.6 Å². The van der Waals surface area contributed by atoms with Gasteiger partial charge in [0, 0.05) is 30.7 Å². The van der Waals surface area contributed by atoms with E-state index in [9.17, 15) is 9.18 Å². The van der Waals surface area contributed by atoms with Gasteiger partial charge in [-0.25, -0.2) is 4.39 Å². The van der Waals surface area contributed by atoms with Crippen molar-refractivity contribution in [3.05, 3.63) is 52.8 Å². The third-order valence-electron chi connectivity index (χ3n) is 3.71. The fourth-order valence-electron chi connectivity index (χ4n) is 2.39. The summed E-state index contributed by atoms with van der Waals surface area (Å²) in [6, 6.07) is 9.70. The smallest absolute Gasteiger partial charge is 0.239 e. The molecule has 0 spiro atoms. The fraction of sp³-hybridized carbons (Fsp3) is 0.278. The number of fused-ring (bicyclic) bond motifs is 1. The van der Waals surface area contributed by atoms with E-state index in [0.29, 0.717) is 41.0 Å². The van der Waals surface area contributed by atoms with Gasteiger partial charge in [0.25, 0.3) is 0 Å². The molecule has 1 heterocycles. The lowest BCUT2D eigenvalue weighted by Gasteiger charge is -2.13. The van der Waals surface area contributed by atoms with Crippen LogP contribution in [0.15, 0.2) is 36.4 Å². The van der Waals surface area contributed by atoms with Crippen LogP contribution in [0.1, 0.15) is 12.0 Å². The van der Waals surface area contributed by atoms with Gasteiger partial charge in [0.15, 0.2) is 11.5 Å². The van der Waals surface area contributed by atoms with Crippen molar-refractivity contribution in [2.75, 3.05) is 25.1 Å². The van der Waals surface area contributed by atoms with Gasteiger partial charge in [-0.05, 0) is 6.07 Å². The third-order valence-corrected chi connectivity index (χ3v) is 4.02. The summed E-state index contributed by atoms with van der Waals surface area (Å²) in [5, 5.41) is 6.06. The molecular formula is C18H18ClFN2O3. The summed E-state index contributed by atoms with van der Waals surface area (Å²) in [6.45, 7) is 1.28. The van der Waals surface area contributed by atoms with E-state index in [1.807, 2.05) is 0 Å². The molecular weight excluding hydrogens is 347 g/mol. The molecule has 25 heavy (non-hydrogen) atoms. The second-order valence-electron chi connectivity index (χ2n) is 5.55. The van der Waals surface area contributed by atoms with Gasteiger partial charge in [0.05, 0.1) is 30.5 Å². The Morgan fingerprint density at radius 3 is 2.64 bits per heavy atom. The molecule has 2 aromatic rings. The zero-order chi connectivity index (χ0) is 17.6. The average molecular weight is 365 g/mol. The molecule has 132 valence electrons. The molecule has 1 aliphatic heterocycles. The quantitative estimate of drug-likeness (QED) is 0.854. The number of amides is 1. The largest absolute Gasteiger partial charge is 0.490 e. The molecule has 0 unspecified atom stereocenters. The Morgan fingerprint density at radius 2 is 1.88 bits per heavy atom. The molecule has 0 radical (unpaired) electrons. The van der Waals surface area contributed by atoms with Gasteiger partial charge in [-0.3, -0.25) is 4.79 Å². The lowest BCUT2D eigenvalue weighted by molar-refractivity contribution is -0.119. The Labute approximate surface area is 150 Å². The number of anilines is 1. The summed E-state index contributed by atoms with van der Waals surface area (Å²) < 4.78 is 24.7. The summed E-state index contributed by atoms with van der Waals surface area (Å²) in [4.78, 5) is 12.0. The van der Waals surface area contributed by atoms with Gasteiger partial charge >= 0.3 is 0 Å². The number of ether oxygens (including phenoxy) is 2. The summed E-state index contributed by atoms with van der Waals surface area (Å²) in [6.07, 6.45) is 0.799. The Morgan fingerprint density at radius 1 is 1.16 bits per heavy atom. The highest BCUT2D eigenvalue weighted by Gasteiger charge is 2.14. The topological polar surface area (TPSA) is 59.6 Å². The molecule has 0 saturated heterocycles. The highest BCUT2D eigenvalue weighted by atomic mass is 35.5. The molecule has 5 nitrogen and oxygen atoms in total. The maximum absolute atomic E-state index is 13.5. The minimum absolute atomic E-state index is 0.00775. The van der Waals surface area contributed by atoms with Crippen molar-refractivity contribution in [3.8, 4) is 11.5 Å². The van der Waals surface area contributed by atoms with Crippen LogP contribution in [0.25, 0.3) is 0 Å². The molecule has 0 bridgehead atoms. The van der Waals surface area contributed by atoms with Crippen LogP contribution < -0.4 is 20.1 Å². The maximum atomic E-state index is 13.5. The third kappa shape index (κ3) is 4.54. The normalized spacial score (nSPS) is 13.0. The van der Waals surface area contributed by atoms with Crippen LogP contribution in [0.3, 0.4) is 0 Å². The molecule has 0 fully saturated rings. The van der Waals surface area contributed by atoms with Crippen molar-refractivity contribution in [3.63, 3.8) is 0 Å². The van der Waals surface area contributed by atoms with Crippen molar-refractivity contribution >= 4 is 23.2 Å². The van der Waals surface area contributed by atoms with Crippen LogP contribution in [0.2, 0.25) is 5.02 Å². The Bertz CT molecular complexity index is 770. The highest BCUT2D eigenvalue weighted by Crippen LogP contribution is 2.37. The standard InChI is InChI=1S/C18H18ClFN2O3/c19-13-8-16-17(25-7-3-6-24-16)9-15(13)21-11-18(23)22-10-12-4-1-2-5-14(12)20/h1-2,4-5,8-9,21H,3,6-7,10-11H2,(H,22,23). The van der Waals surface area contributed by atoms with Crippen molar-refractivity contribution in [2.24, 2.45) is 0 Å². The summed E-state index contributed by atoms with van der Waals surface area (Å²) in [5.74, 6) is 0.571. The van der Waals surface area contributed by atoms with Gasteiger partial charge in [-0.2, -0.15) is 0 Å². The number of nitrogens with one attached hydrogen (secondary N) is 2. The Kier molecular flexibility index (Phi) is 5.60. The first-order valence-electron chi connectivity index (χ1n) is 7.96. The zero-order valence-corrected chi connectivity index (χ0v) is 14.2. The molecule has 0 saturated carbocycles. The van der Waals surface area contributed by atoms with Crippen LogP contribution in [-0.2, 0) is 11.3 Å². The van der Waals surface area contributed by atoms with E-state index >= 15 is 0 Å². The molecule has 2 aromatic carbocycles. The monoisotopic (exact) mass is 364 g/mol. The minimum Gasteiger partial charge on any atom is -0.490 e. The number of rotatable bonds is 5. The predicted molar refractivity (Wildman–Crippen MR) is 93.8 cm³/mol. The van der Waals surface area contributed by atoms with Crippen molar-refractivity contribution < 1.29 is 18.7 Å². The molecule has 0 aliphatic carbocycles. The van der Waals surface area contributed by atoms with Crippen molar-refractivity contribution in [1.82, 2.24) is 5.32 Å². The second-order valence-corrected chi connectivity index (χ2v) is 5.96. The molecule has 2 N–H and O–H groups in total. The number of halogens is 2. The SMILES string of the molecule is O=C(CNc1cc2c(cc1Cl)OCCCO2)NCc1ccccc1F. The zero-order valence-electron chi connectivity index (χ0n) is 13.5. The van der Waals surface area contributed by atoms with Crippen LogP contribution in [0.5, 0.6) is 11.5 Å². The van der Waals surface area contributed by atoms with E-state index in [-0.39, 0.29) is 24.8 Å². The Balaban J connectivity index is 1.57. The van der Waals surface area contributed by atoms with Crippen molar-refractivity contribution in [2.45, 2.75) is 13.0 Å². The minimum atomic E-state index is -0.346. The van der Waals surface area contributed by atoms with E-state index in [1.165, 1.54) is 6.07 Å². The molecule has 0 atom stereocenters. The van der Waals surface area contributed by atoms with Gasteiger partial charge < -0.3 is 20.1 Å². The lowest BCUT2D eigenvalue weighted by Crippen LogP contribution is -2.29. The number of benzene rings is 2. The molecule has 1 aliphatic rings. The van der Waals surface area contributed by atoms with Crippen LogP contribution >= 0.6 is 11.6 Å². The van der Waals surface area contributed by atoms with Gasteiger partial charge in [-0.15, -0.1) is 0 Å². The van der Waals surface area contributed by atoms with E-state index in [0.717, 1.165) is 6.42 Å². The number of hydrogen-bond acceptors (Lipinski definition) is 4. The van der Waals surface area contributed by atoms with E-state index in [4.69, 9.17) is 21.1 Å². The highest BCUT2D eigenvalue weighted by molar-refractivity contribution is 6.33. The lowest BCUT2D eigenvalue weighted by atomic mass is 10.2. The number of hydrogen-bond donors (Lipinski definition) is 2. The first-order chi connectivity index (χ1) is 12.1. The predicted octanol–water partition coefficient (Wildman–Crippen LogP) is 3.37. The molecule has 0 aromatic heterocycles. The molecule has 7 heteroatoms. The average Bonchev–Trinajstić information content (AvgIpc) is 2.83.